The molecule has 1 aliphatic carbocycles. The maximum Gasteiger partial charge on any atom is 0.181 e. The minimum absolute atomic E-state index is 0.298. The van der Waals surface area contributed by atoms with Crippen molar-refractivity contribution in [2.45, 2.75) is 75.0 Å². The molecule has 7 heteroatoms. The van der Waals surface area contributed by atoms with Crippen LogP contribution in [0.25, 0.3) is 33.4 Å². The van der Waals surface area contributed by atoms with Gasteiger partial charge in [0.2, 0.25) is 0 Å². The number of nitrogens with one attached hydrogen (secondary N) is 1. The zero-order valence-corrected chi connectivity index (χ0v) is 23.3. The lowest BCUT2D eigenvalue weighted by Crippen LogP contribution is -2.44. The number of pyridine rings is 1. The summed E-state index contributed by atoms with van der Waals surface area (Å²) in [7, 11) is -3.31. The Morgan fingerprint density at radius 1 is 0.895 bits per heavy atom. The van der Waals surface area contributed by atoms with Crippen LogP contribution in [-0.2, 0) is 22.7 Å². The van der Waals surface area contributed by atoms with E-state index in [1.54, 1.807) is 26.0 Å². The molecular formula is C31H36N4O2S. The van der Waals surface area contributed by atoms with Crippen LogP contribution in [0.2, 0.25) is 0 Å². The van der Waals surface area contributed by atoms with Crippen LogP contribution in [0, 0.1) is 0 Å². The number of hydrogen-bond donors (Lipinski definition) is 1. The first-order valence-corrected chi connectivity index (χ1v) is 15.3. The number of sulfone groups is 1. The largest absolute Gasteiger partial charge is 0.298 e. The number of fused-ring (bicyclic) bond motifs is 2. The predicted octanol–water partition coefficient (Wildman–Crippen LogP) is 6.21. The molecular weight excluding hydrogens is 492 g/mol. The van der Waals surface area contributed by atoms with E-state index in [2.05, 4.69) is 51.3 Å². The molecule has 0 amide bonds. The van der Waals surface area contributed by atoms with Gasteiger partial charge in [0.25, 0.3) is 0 Å². The number of aryl methyl sites for hydroxylation is 2. The Labute approximate surface area is 225 Å². The Kier molecular flexibility index (Phi) is 6.39. The van der Waals surface area contributed by atoms with E-state index >= 15 is 0 Å². The van der Waals surface area contributed by atoms with E-state index in [1.807, 2.05) is 18.3 Å². The van der Waals surface area contributed by atoms with Crippen LogP contribution in [0.5, 0.6) is 0 Å². The Morgan fingerprint density at radius 2 is 1.58 bits per heavy atom. The van der Waals surface area contributed by atoms with E-state index in [-0.39, 0.29) is 0 Å². The number of aromatic nitrogens is 3. The number of benzene rings is 2. The van der Waals surface area contributed by atoms with Gasteiger partial charge in [0, 0.05) is 28.2 Å². The monoisotopic (exact) mass is 528 g/mol. The van der Waals surface area contributed by atoms with Gasteiger partial charge in [-0.3, -0.25) is 10.00 Å². The molecule has 3 heterocycles. The summed E-state index contributed by atoms with van der Waals surface area (Å²) in [5.41, 5.74) is 7.86. The standard InChI is InChI=1S/C31H36N4O2S/c1-21(2)38(36,37)27-10-8-23(9-11-27)29-28-19-26(20-32-30(28)34-33-29)24-7-6-22-12-14-31(3,15-13-25(22)18-24)35-16-4-5-17-35/h6-11,18-21H,4-5,12-17H2,1-3H3,(H,32,33,34). The molecule has 1 atom stereocenters. The number of H-pyrrole nitrogens is 1. The van der Waals surface area contributed by atoms with E-state index < -0.39 is 15.1 Å². The molecule has 1 fully saturated rings. The number of likely N-dealkylation sites (tertiary alicyclic amines) is 1. The molecule has 198 valence electrons. The summed E-state index contributed by atoms with van der Waals surface area (Å²) < 4.78 is 25.1. The fourth-order valence-corrected chi connectivity index (χ4v) is 7.21. The van der Waals surface area contributed by atoms with E-state index in [0.717, 1.165) is 35.0 Å². The Hall–Kier alpha value is -3.03. The van der Waals surface area contributed by atoms with Gasteiger partial charge in [-0.15, -0.1) is 0 Å². The third-order valence-corrected chi connectivity index (χ3v) is 10.9. The van der Waals surface area contributed by atoms with Crippen LogP contribution in [0.15, 0.2) is 59.6 Å². The van der Waals surface area contributed by atoms with E-state index in [9.17, 15) is 8.42 Å². The number of hydrogen-bond acceptors (Lipinski definition) is 5. The molecule has 1 saturated heterocycles. The van der Waals surface area contributed by atoms with Gasteiger partial charge in [0.05, 0.1) is 15.8 Å². The molecule has 0 bridgehead atoms. The highest BCUT2D eigenvalue weighted by atomic mass is 32.2. The van der Waals surface area contributed by atoms with Crippen molar-refractivity contribution in [3.63, 3.8) is 0 Å². The van der Waals surface area contributed by atoms with Crippen molar-refractivity contribution in [1.29, 1.82) is 0 Å². The Morgan fingerprint density at radius 3 is 2.29 bits per heavy atom. The van der Waals surface area contributed by atoms with E-state index in [1.165, 1.54) is 55.5 Å². The van der Waals surface area contributed by atoms with Gasteiger partial charge < -0.3 is 0 Å². The van der Waals surface area contributed by atoms with Gasteiger partial charge in [-0.25, -0.2) is 13.4 Å². The van der Waals surface area contributed by atoms with Crippen LogP contribution in [0.3, 0.4) is 0 Å². The summed E-state index contributed by atoms with van der Waals surface area (Å²) in [4.78, 5) is 7.71. The lowest BCUT2D eigenvalue weighted by molar-refractivity contribution is 0.118. The molecule has 2 aliphatic rings. The number of rotatable bonds is 5. The molecule has 2 aromatic carbocycles. The molecule has 0 radical (unpaired) electrons. The Bertz CT molecular complexity index is 1580. The molecule has 38 heavy (non-hydrogen) atoms. The van der Waals surface area contributed by atoms with E-state index in [0.29, 0.717) is 16.1 Å². The molecule has 0 saturated carbocycles. The SMILES string of the molecule is CC(C)S(=O)(=O)c1ccc(-c2[nH]nc3ncc(-c4ccc5c(c4)CCC(C)(N4CCCC4)CC5)cc23)cc1. The first-order chi connectivity index (χ1) is 18.2. The highest BCUT2D eigenvalue weighted by Crippen LogP contribution is 2.36. The summed E-state index contributed by atoms with van der Waals surface area (Å²) >= 11 is 0. The van der Waals surface area contributed by atoms with E-state index in [4.69, 9.17) is 0 Å². The third kappa shape index (κ3) is 4.46. The second-order valence-corrected chi connectivity index (χ2v) is 14.0. The highest BCUT2D eigenvalue weighted by Gasteiger charge is 2.34. The minimum Gasteiger partial charge on any atom is -0.298 e. The molecule has 6 rings (SSSR count). The van der Waals surface area contributed by atoms with Crippen LogP contribution in [-0.4, -0.2) is 52.4 Å². The normalized spacial score (nSPS) is 20.6. The summed E-state index contributed by atoms with van der Waals surface area (Å²) in [6, 6.07) is 16.1. The summed E-state index contributed by atoms with van der Waals surface area (Å²) in [5.74, 6) is 0. The maximum atomic E-state index is 12.5. The van der Waals surface area contributed by atoms with Gasteiger partial charge in [-0.2, -0.15) is 5.10 Å². The zero-order valence-electron chi connectivity index (χ0n) is 22.5. The minimum atomic E-state index is -3.31. The maximum absolute atomic E-state index is 12.5. The average molecular weight is 529 g/mol. The van der Waals surface area contributed by atoms with Crippen molar-refractivity contribution in [1.82, 2.24) is 20.1 Å². The smallest absolute Gasteiger partial charge is 0.181 e. The average Bonchev–Trinajstić information content (AvgIpc) is 3.58. The lowest BCUT2D eigenvalue weighted by Gasteiger charge is -2.38. The fraction of sp³-hybridized carbons (Fsp3) is 0.419. The molecule has 1 aliphatic heterocycles. The van der Waals surface area contributed by atoms with Crippen molar-refractivity contribution < 1.29 is 8.42 Å². The molecule has 4 aromatic rings. The zero-order chi connectivity index (χ0) is 26.5. The van der Waals surface area contributed by atoms with Crippen LogP contribution in [0.4, 0.5) is 0 Å². The molecule has 1 unspecified atom stereocenters. The van der Waals surface area contributed by atoms with Crippen molar-refractivity contribution in [2.75, 3.05) is 13.1 Å². The second kappa shape index (κ2) is 9.62. The van der Waals surface area contributed by atoms with Crippen LogP contribution in [0.1, 0.15) is 57.6 Å². The highest BCUT2D eigenvalue weighted by molar-refractivity contribution is 7.92. The number of nitrogens with zero attached hydrogens (tertiary/aromatic N) is 3. The van der Waals surface area contributed by atoms with Gasteiger partial charge >= 0.3 is 0 Å². The van der Waals surface area contributed by atoms with Crippen LogP contribution < -0.4 is 0 Å². The predicted molar refractivity (Wildman–Crippen MR) is 153 cm³/mol. The first-order valence-electron chi connectivity index (χ1n) is 13.8. The molecule has 0 spiro atoms. The van der Waals surface area contributed by atoms with Crippen molar-refractivity contribution in [3.05, 3.63) is 65.9 Å². The number of aromatic amines is 1. The quantitative estimate of drug-likeness (QED) is 0.312. The topological polar surface area (TPSA) is 79.0 Å². The van der Waals surface area contributed by atoms with Crippen molar-refractivity contribution in [2.24, 2.45) is 0 Å². The third-order valence-electron chi connectivity index (χ3n) is 8.78. The second-order valence-electron chi connectivity index (χ2n) is 11.5. The summed E-state index contributed by atoms with van der Waals surface area (Å²) in [6.07, 6.45) is 9.23. The summed E-state index contributed by atoms with van der Waals surface area (Å²) in [5, 5.41) is 8.00. The van der Waals surface area contributed by atoms with Gasteiger partial charge in [-0.1, -0.05) is 30.3 Å². The molecule has 2 aromatic heterocycles. The van der Waals surface area contributed by atoms with Crippen LogP contribution >= 0.6 is 0 Å². The van der Waals surface area contributed by atoms with Gasteiger partial charge in [0.15, 0.2) is 15.5 Å². The molecule has 6 nitrogen and oxygen atoms in total. The van der Waals surface area contributed by atoms with Gasteiger partial charge in [-0.05, 0) is 107 Å². The lowest BCUT2D eigenvalue weighted by atomic mass is 9.90. The Balaban J connectivity index is 1.30. The fourth-order valence-electron chi connectivity index (χ4n) is 6.15. The molecule has 1 N–H and O–H groups in total. The van der Waals surface area contributed by atoms with Crippen molar-refractivity contribution >= 4 is 20.9 Å². The van der Waals surface area contributed by atoms with Gasteiger partial charge in [0.1, 0.15) is 0 Å². The van der Waals surface area contributed by atoms with Crippen molar-refractivity contribution in [3.8, 4) is 22.4 Å². The first kappa shape index (κ1) is 25.3. The summed E-state index contributed by atoms with van der Waals surface area (Å²) in [6.45, 7) is 8.36.